The maximum Gasteiger partial charge on any atom is 0.381 e. The minimum Gasteiger partial charge on any atom is -0.375 e. The molecule has 0 aromatic carbocycles. The van der Waals surface area contributed by atoms with Crippen LogP contribution in [0.2, 0.25) is 0 Å². The fourth-order valence-electron chi connectivity index (χ4n) is 1.83. The highest BCUT2D eigenvalue weighted by Crippen LogP contribution is 2.08. The summed E-state index contributed by atoms with van der Waals surface area (Å²) in [5.74, 6) is -0.337. The van der Waals surface area contributed by atoms with Gasteiger partial charge >= 0.3 is 5.82 Å². The third-order valence-corrected chi connectivity index (χ3v) is 2.72. The Hall–Kier alpha value is -1.96. The van der Waals surface area contributed by atoms with E-state index >= 15 is 0 Å². The number of hydrogen-bond donors (Lipinski definition) is 0. The molecule has 0 aliphatic carbocycles. The second-order valence-electron chi connectivity index (χ2n) is 4.18. The van der Waals surface area contributed by atoms with Crippen molar-refractivity contribution in [2.45, 2.75) is 19.6 Å². The molecule has 1 amide bonds. The summed E-state index contributed by atoms with van der Waals surface area (Å²) in [7, 11) is 0. The highest BCUT2D eigenvalue weighted by Gasteiger charge is 2.22. The normalized spacial score (nSPS) is 19.8. The van der Waals surface area contributed by atoms with Crippen LogP contribution in [-0.4, -0.2) is 51.1 Å². The molecule has 1 aromatic rings. The van der Waals surface area contributed by atoms with Gasteiger partial charge in [-0.15, -0.1) is 0 Å². The highest BCUT2D eigenvalue weighted by atomic mass is 16.6. The summed E-state index contributed by atoms with van der Waals surface area (Å²) in [6, 6.07) is 0. The molecule has 18 heavy (non-hydrogen) atoms. The summed E-state index contributed by atoms with van der Waals surface area (Å²) in [5.41, 5.74) is 0. The SMILES string of the molecule is C[C@@H]1CN(C(=O)Cn2cnc([N+](=O)[O-])c2)CCO1. The maximum absolute atomic E-state index is 11.9. The van der Waals surface area contributed by atoms with Crippen LogP contribution in [0, 0.1) is 10.1 Å². The van der Waals surface area contributed by atoms with Gasteiger partial charge in [-0.1, -0.05) is 0 Å². The molecule has 8 heteroatoms. The molecule has 98 valence electrons. The van der Waals surface area contributed by atoms with Crippen LogP contribution < -0.4 is 0 Å². The van der Waals surface area contributed by atoms with Gasteiger partial charge in [-0.05, 0) is 16.8 Å². The average molecular weight is 254 g/mol. The van der Waals surface area contributed by atoms with Crippen molar-refractivity contribution < 1.29 is 14.5 Å². The van der Waals surface area contributed by atoms with Crippen LogP contribution in [0.3, 0.4) is 0 Å². The lowest BCUT2D eigenvalue weighted by Gasteiger charge is -2.31. The van der Waals surface area contributed by atoms with Crippen LogP contribution in [0.1, 0.15) is 6.92 Å². The summed E-state index contributed by atoms with van der Waals surface area (Å²) >= 11 is 0. The van der Waals surface area contributed by atoms with Gasteiger partial charge in [-0.2, -0.15) is 0 Å². The third-order valence-electron chi connectivity index (χ3n) is 2.72. The molecule has 1 fully saturated rings. The molecule has 1 aromatic heterocycles. The summed E-state index contributed by atoms with van der Waals surface area (Å²) in [4.78, 5) is 27.1. The predicted molar refractivity (Wildman–Crippen MR) is 60.9 cm³/mol. The van der Waals surface area contributed by atoms with E-state index in [0.29, 0.717) is 19.7 Å². The molecule has 1 aliphatic heterocycles. The van der Waals surface area contributed by atoms with Gasteiger partial charge in [0, 0.05) is 13.1 Å². The Morgan fingerprint density at radius 2 is 2.50 bits per heavy atom. The van der Waals surface area contributed by atoms with Crippen molar-refractivity contribution >= 4 is 11.7 Å². The van der Waals surface area contributed by atoms with Crippen molar-refractivity contribution in [2.75, 3.05) is 19.7 Å². The molecular weight excluding hydrogens is 240 g/mol. The number of nitrogens with zero attached hydrogens (tertiary/aromatic N) is 4. The lowest BCUT2D eigenvalue weighted by Crippen LogP contribution is -2.45. The Morgan fingerprint density at radius 1 is 1.72 bits per heavy atom. The summed E-state index contributed by atoms with van der Waals surface area (Å²) in [5, 5.41) is 10.5. The van der Waals surface area contributed by atoms with Gasteiger partial charge in [0.1, 0.15) is 12.7 Å². The number of carbonyl (C=O) groups is 1. The van der Waals surface area contributed by atoms with E-state index in [1.807, 2.05) is 6.92 Å². The lowest BCUT2D eigenvalue weighted by molar-refractivity contribution is -0.389. The Kier molecular flexibility index (Phi) is 3.56. The second-order valence-corrected chi connectivity index (χ2v) is 4.18. The van der Waals surface area contributed by atoms with Gasteiger partial charge in [-0.3, -0.25) is 4.79 Å². The van der Waals surface area contributed by atoms with Gasteiger partial charge in [0.15, 0.2) is 0 Å². The quantitative estimate of drug-likeness (QED) is 0.561. The Balaban J connectivity index is 1.95. The zero-order valence-corrected chi connectivity index (χ0v) is 9.98. The first-order valence-corrected chi connectivity index (χ1v) is 5.62. The van der Waals surface area contributed by atoms with E-state index < -0.39 is 4.92 Å². The average Bonchev–Trinajstić information content (AvgIpc) is 2.77. The molecule has 2 heterocycles. The van der Waals surface area contributed by atoms with Crippen LogP contribution in [0.25, 0.3) is 0 Å². The van der Waals surface area contributed by atoms with Gasteiger partial charge in [0.25, 0.3) is 0 Å². The molecule has 2 rings (SSSR count). The number of aromatic nitrogens is 2. The van der Waals surface area contributed by atoms with E-state index in [0.717, 1.165) is 0 Å². The van der Waals surface area contributed by atoms with E-state index in [1.165, 1.54) is 17.1 Å². The lowest BCUT2D eigenvalue weighted by atomic mass is 10.3. The van der Waals surface area contributed by atoms with Crippen molar-refractivity contribution in [3.8, 4) is 0 Å². The molecule has 8 nitrogen and oxygen atoms in total. The van der Waals surface area contributed by atoms with Crippen molar-refractivity contribution in [1.29, 1.82) is 0 Å². The van der Waals surface area contributed by atoms with Crippen LogP contribution in [0.5, 0.6) is 0 Å². The molecule has 0 N–H and O–H groups in total. The maximum atomic E-state index is 11.9. The topological polar surface area (TPSA) is 90.5 Å². The molecule has 0 saturated carbocycles. The van der Waals surface area contributed by atoms with Gasteiger partial charge < -0.3 is 24.3 Å². The van der Waals surface area contributed by atoms with Gasteiger partial charge in [0.05, 0.1) is 12.7 Å². The van der Waals surface area contributed by atoms with E-state index in [-0.39, 0.29) is 24.4 Å². The van der Waals surface area contributed by atoms with E-state index in [1.54, 1.807) is 4.90 Å². The first-order valence-electron chi connectivity index (χ1n) is 5.62. The fraction of sp³-hybridized carbons (Fsp3) is 0.600. The molecule has 1 atom stereocenters. The molecule has 0 unspecified atom stereocenters. The summed E-state index contributed by atoms with van der Waals surface area (Å²) in [6.45, 7) is 3.60. The molecule has 0 spiro atoms. The van der Waals surface area contributed by atoms with Crippen LogP contribution in [0.15, 0.2) is 12.5 Å². The number of nitro groups is 1. The largest absolute Gasteiger partial charge is 0.381 e. The van der Waals surface area contributed by atoms with Gasteiger partial charge in [-0.25, -0.2) is 0 Å². The van der Waals surface area contributed by atoms with Crippen LogP contribution in [0.4, 0.5) is 5.82 Å². The minimum atomic E-state index is -0.586. The Morgan fingerprint density at radius 3 is 3.11 bits per heavy atom. The standard InChI is InChI=1S/C10H14N4O4/c1-8-4-13(2-3-18-8)10(15)6-12-5-9(11-7-12)14(16)17/h5,7-8H,2-4,6H2,1H3/t8-/m1/s1. The number of ether oxygens (including phenoxy) is 1. The Labute approximate surface area is 103 Å². The monoisotopic (exact) mass is 254 g/mol. The molecule has 0 radical (unpaired) electrons. The molecular formula is C10H14N4O4. The second kappa shape index (κ2) is 5.13. The van der Waals surface area contributed by atoms with Crippen molar-refractivity contribution in [3.05, 3.63) is 22.6 Å². The smallest absolute Gasteiger partial charge is 0.375 e. The van der Waals surface area contributed by atoms with E-state index in [9.17, 15) is 14.9 Å². The zero-order valence-electron chi connectivity index (χ0n) is 9.98. The number of imidazole rings is 1. The number of amides is 1. The van der Waals surface area contributed by atoms with Crippen molar-refractivity contribution in [3.63, 3.8) is 0 Å². The number of morpholine rings is 1. The van der Waals surface area contributed by atoms with E-state index in [2.05, 4.69) is 4.98 Å². The van der Waals surface area contributed by atoms with Crippen LogP contribution in [-0.2, 0) is 16.1 Å². The molecule has 1 aliphatic rings. The first-order chi connectivity index (χ1) is 8.56. The number of hydrogen-bond acceptors (Lipinski definition) is 5. The Bertz CT molecular complexity index is 458. The van der Waals surface area contributed by atoms with Crippen molar-refractivity contribution in [1.82, 2.24) is 14.5 Å². The highest BCUT2D eigenvalue weighted by molar-refractivity contribution is 5.76. The van der Waals surface area contributed by atoms with Gasteiger partial charge in [0.2, 0.25) is 12.2 Å². The summed E-state index contributed by atoms with van der Waals surface area (Å²) < 4.78 is 6.76. The number of rotatable bonds is 3. The molecule has 1 saturated heterocycles. The third kappa shape index (κ3) is 2.83. The summed E-state index contributed by atoms with van der Waals surface area (Å²) in [6.07, 6.45) is 2.57. The van der Waals surface area contributed by atoms with E-state index in [4.69, 9.17) is 4.74 Å². The molecule has 0 bridgehead atoms. The number of carbonyl (C=O) groups excluding carboxylic acids is 1. The fourth-order valence-corrected chi connectivity index (χ4v) is 1.83. The minimum absolute atomic E-state index is 0.0276. The predicted octanol–water partition coefficient (Wildman–Crippen LogP) is 0.0386. The zero-order chi connectivity index (χ0) is 13.1. The van der Waals surface area contributed by atoms with Crippen molar-refractivity contribution in [2.24, 2.45) is 0 Å². The first kappa shape index (κ1) is 12.5. The van der Waals surface area contributed by atoms with Crippen LogP contribution >= 0.6 is 0 Å².